The summed E-state index contributed by atoms with van der Waals surface area (Å²) >= 11 is 0. The molecule has 3 aromatic rings. The fourth-order valence-electron chi connectivity index (χ4n) is 3.83. The number of carbonyl (C=O) groups excluding carboxylic acids is 3. The van der Waals surface area contributed by atoms with Crippen molar-refractivity contribution in [2.45, 2.75) is 45.3 Å². The Kier molecular flexibility index (Phi) is 6.69. The summed E-state index contributed by atoms with van der Waals surface area (Å²) in [7, 11) is 0. The zero-order valence-electron chi connectivity index (χ0n) is 18.8. The lowest BCUT2D eigenvalue weighted by molar-refractivity contribution is -0.166. The van der Waals surface area contributed by atoms with Gasteiger partial charge in [-0.15, -0.1) is 0 Å². The Hall–Kier alpha value is -4.00. The van der Waals surface area contributed by atoms with E-state index in [0.29, 0.717) is 0 Å². The fraction of sp³-hybridized carbons (Fsp3) is 0.364. The molecule has 1 fully saturated rings. The first-order chi connectivity index (χ1) is 16.7. The average molecular weight is 490 g/mol. The largest absolute Gasteiger partial charge is 0.463 e. The molecule has 1 saturated heterocycles. The standard InChI is InChI=1S/C22H20F2N4O7/c1-10(29)32-7-16-19(33-11(2)30)20(34-12(3)31)22(35-16)28-9-27-18-17(25-8-26-21(18)28)14-5-4-13(23)6-15(14)24/h4-6,8-9,16,19-20,22H,7H2,1-3H3/t16-,19-,20-,22-/m1/s1. The van der Waals surface area contributed by atoms with Crippen molar-refractivity contribution in [2.75, 3.05) is 6.61 Å². The monoisotopic (exact) mass is 490 g/mol. The van der Waals surface area contributed by atoms with E-state index in [2.05, 4.69) is 15.0 Å². The van der Waals surface area contributed by atoms with Crippen LogP contribution in [0.15, 0.2) is 30.9 Å². The summed E-state index contributed by atoms with van der Waals surface area (Å²) in [4.78, 5) is 47.5. The highest BCUT2D eigenvalue weighted by Gasteiger charge is 2.51. The Balaban J connectivity index is 1.78. The number of esters is 3. The summed E-state index contributed by atoms with van der Waals surface area (Å²) in [5, 5.41) is 0. The molecule has 4 rings (SSSR count). The Bertz CT molecular complexity index is 1300. The molecular formula is C22H20F2N4O7. The Labute approximate surface area is 197 Å². The Morgan fingerprint density at radius 2 is 1.71 bits per heavy atom. The van der Waals surface area contributed by atoms with Crippen LogP contribution in [0.3, 0.4) is 0 Å². The molecular weight excluding hydrogens is 470 g/mol. The van der Waals surface area contributed by atoms with Crippen LogP contribution >= 0.6 is 0 Å². The lowest BCUT2D eigenvalue weighted by Gasteiger charge is -2.23. The normalized spacial score (nSPS) is 21.6. The number of rotatable bonds is 6. The number of benzene rings is 1. The van der Waals surface area contributed by atoms with Crippen molar-refractivity contribution < 1.29 is 42.1 Å². The smallest absolute Gasteiger partial charge is 0.303 e. The number of imidazole rings is 1. The molecule has 3 heterocycles. The SMILES string of the molecule is CC(=O)OC[C@H]1O[C@@H](n2cnc3c(-c4ccc(F)cc4F)ncnc32)[C@H](OC(C)=O)[C@@H]1OC(C)=O. The number of fused-ring (bicyclic) bond motifs is 1. The maximum atomic E-state index is 14.4. The number of halogens is 2. The summed E-state index contributed by atoms with van der Waals surface area (Å²) in [6.07, 6.45) is -1.89. The van der Waals surface area contributed by atoms with Gasteiger partial charge in [-0.25, -0.2) is 23.7 Å². The van der Waals surface area contributed by atoms with E-state index in [1.54, 1.807) is 0 Å². The molecule has 0 N–H and O–H groups in total. The molecule has 0 unspecified atom stereocenters. The molecule has 184 valence electrons. The van der Waals surface area contributed by atoms with Crippen LogP contribution in [0.25, 0.3) is 22.4 Å². The van der Waals surface area contributed by atoms with E-state index in [1.165, 1.54) is 37.7 Å². The molecule has 1 aromatic carbocycles. The first kappa shape index (κ1) is 24.1. The second-order valence-corrected chi connectivity index (χ2v) is 7.69. The van der Waals surface area contributed by atoms with Crippen molar-refractivity contribution >= 4 is 29.1 Å². The van der Waals surface area contributed by atoms with Gasteiger partial charge in [0.15, 0.2) is 24.1 Å². The van der Waals surface area contributed by atoms with E-state index in [0.717, 1.165) is 18.5 Å². The van der Waals surface area contributed by atoms with Crippen LogP contribution in [0.2, 0.25) is 0 Å². The summed E-state index contributed by atoms with van der Waals surface area (Å²) in [5.74, 6) is -3.53. The highest BCUT2D eigenvalue weighted by atomic mass is 19.1. The molecule has 0 bridgehead atoms. The van der Waals surface area contributed by atoms with Gasteiger partial charge in [0, 0.05) is 32.4 Å². The van der Waals surface area contributed by atoms with Crippen molar-refractivity contribution in [1.82, 2.24) is 19.5 Å². The number of carbonyl (C=O) groups is 3. The third kappa shape index (κ3) is 4.94. The maximum absolute atomic E-state index is 14.4. The molecule has 11 nitrogen and oxygen atoms in total. The van der Waals surface area contributed by atoms with Crippen LogP contribution in [0.4, 0.5) is 8.78 Å². The minimum atomic E-state index is -1.16. The quantitative estimate of drug-likeness (QED) is 0.374. The molecule has 0 saturated carbocycles. The van der Waals surface area contributed by atoms with Gasteiger partial charge in [0.1, 0.15) is 41.9 Å². The van der Waals surface area contributed by atoms with Crippen molar-refractivity contribution in [1.29, 1.82) is 0 Å². The third-order valence-corrected chi connectivity index (χ3v) is 5.16. The molecule has 2 aromatic heterocycles. The highest BCUT2D eigenvalue weighted by molar-refractivity contribution is 5.87. The van der Waals surface area contributed by atoms with Crippen LogP contribution < -0.4 is 0 Å². The Morgan fingerprint density at radius 1 is 1.00 bits per heavy atom. The zero-order valence-corrected chi connectivity index (χ0v) is 18.8. The van der Waals surface area contributed by atoms with E-state index in [9.17, 15) is 23.2 Å². The molecule has 0 radical (unpaired) electrons. The molecule has 1 aliphatic rings. The van der Waals surface area contributed by atoms with Gasteiger partial charge in [-0.3, -0.25) is 19.0 Å². The predicted octanol–water partition coefficient (Wildman–Crippen LogP) is 2.10. The van der Waals surface area contributed by atoms with E-state index < -0.39 is 54.1 Å². The van der Waals surface area contributed by atoms with Gasteiger partial charge >= 0.3 is 17.9 Å². The predicted molar refractivity (Wildman–Crippen MR) is 112 cm³/mol. The molecule has 0 aliphatic carbocycles. The highest BCUT2D eigenvalue weighted by Crippen LogP contribution is 2.37. The number of nitrogens with zero attached hydrogens (tertiary/aromatic N) is 4. The molecule has 0 amide bonds. The van der Waals surface area contributed by atoms with Gasteiger partial charge < -0.3 is 18.9 Å². The maximum Gasteiger partial charge on any atom is 0.303 e. The fourth-order valence-corrected chi connectivity index (χ4v) is 3.83. The molecule has 35 heavy (non-hydrogen) atoms. The second-order valence-electron chi connectivity index (χ2n) is 7.69. The van der Waals surface area contributed by atoms with Crippen molar-refractivity contribution in [3.63, 3.8) is 0 Å². The van der Waals surface area contributed by atoms with E-state index >= 15 is 0 Å². The first-order valence-electron chi connectivity index (χ1n) is 10.4. The van der Waals surface area contributed by atoms with Crippen molar-refractivity contribution in [3.8, 4) is 11.3 Å². The van der Waals surface area contributed by atoms with Gasteiger partial charge in [-0.05, 0) is 12.1 Å². The molecule has 4 atom stereocenters. The van der Waals surface area contributed by atoms with Gasteiger partial charge in [0.25, 0.3) is 0 Å². The Morgan fingerprint density at radius 3 is 2.37 bits per heavy atom. The third-order valence-electron chi connectivity index (χ3n) is 5.16. The van der Waals surface area contributed by atoms with Crippen LogP contribution in [-0.4, -0.2) is 62.3 Å². The number of aromatic nitrogens is 4. The lowest BCUT2D eigenvalue weighted by Crippen LogP contribution is -2.40. The topological polar surface area (TPSA) is 132 Å². The van der Waals surface area contributed by atoms with Crippen LogP contribution in [-0.2, 0) is 33.3 Å². The second kappa shape index (κ2) is 9.70. The van der Waals surface area contributed by atoms with Gasteiger partial charge in [0.2, 0.25) is 0 Å². The van der Waals surface area contributed by atoms with Gasteiger partial charge in [-0.1, -0.05) is 0 Å². The van der Waals surface area contributed by atoms with E-state index in [1.807, 2.05) is 0 Å². The summed E-state index contributed by atoms with van der Waals surface area (Å²) in [6.45, 7) is 3.26. The zero-order chi connectivity index (χ0) is 25.3. The average Bonchev–Trinajstić information content (AvgIpc) is 3.33. The van der Waals surface area contributed by atoms with E-state index in [4.69, 9.17) is 18.9 Å². The summed E-state index contributed by atoms with van der Waals surface area (Å²) in [6, 6.07) is 3.04. The number of ether oxygens (including phenoxy) is 4. The summed E-state index contributed by atoms with van der Waals surface area (Å²) in [5.41, 5.74) is 0.436. The lowest BCUT2D eigenvalue weighted by atomic mass is 10.1. The molecule has 1 aliphatic heterocycles. The van der Waals surface area contributed by atoms with Crippen LogP contribution in [0, 0.1) is 11.6 Å². The van der Waals surface area contributed by atoms with Crippen LogP contribution in [0.5, 0.6) is 0 Å². The minimum absolute atomic E-state index is 0.00143. The number of hydrogen-bond donors (Lipinski definition) is 0. The number of hydrogen-bond acceptors (Lipinski definition) is 10. The van der Waals surface area contributed by atoms with Crippen molar-refractivity contribution in [3.05, 3.63) is 42.5 Å². The van der Waals surface area contributed by atoms with Gasteiger partial charge in [-0.2, -0.15) is 0 Å². The van der Waals surface area contributed by atoms with Gasteiger partial charge in [0.05, 0.1) is 6.33 Å². The van der Waals surface area contributed by atoms with Crippen LogP contribution in [0.1, 0.15) is 27.0 Å². The minimum Gasteiger partial charge on any atom is -0.463 e. The summed E-state index contributed by atoms with van der Waals surface area (Å²) < 4.78 is 51.0. The first-order valence-corrected chi connectivity index (χ1v) is 10.4. The molecule has 13 heteroatoms. The molecule has 0 spiro atoms. The van der Waals surface area contributed by atoms with Crippen molar-refractivity contribution in [2.24, 2.45) is 0 Å². The van der Waals surface area contributed by atoms with E-state index in [-0.39, 0.29) is 29.0 Å².